The first-order valence-electron chi connectivity index (χ1n) is 10.4. The Morgan fingerprint density at radius 1 is 0.879 bits per heavy atom. The molecular formula is C24H24N2O6S. The zero-order chi connectivity index (χ0) is 23.6. The van der Waals surface area contributed by atoms with Crippen molar-refractivity contribution in [1.82, 2.24) is 10.9 Å². The molecule has 9 heteroatoms. The molecule has 0 spiro atoms. The van der Waals surface area contributed by atoms with Gasteiger partial charge in [0.2, 0.25) is 5.91 Å². The van der Waals surface area contributed by atoms with Crippen LogP contribution in [0, 0.1) is 6.92 Å². The Labute approximate surface area is 194 Å². The van der Waals surface area contributed by atoms with Gasteiger partial charge in [0.05, 0.1) is 4.88 Å². The fourth-order valence-electron chi connectivity index (χ4n) is 2.84. The SMILES string of the molecule is Cc1ccc(C(=O)CCC(=O)CCC(=O)NNC(=O)c2ccc(COc3ccccc3)o2)s1. The molecule has 2 N–H and O–H groups in total. The molecule has 33 heavy (non-hydrogen) atoms. The third-order valence-corrected chi connectivity index (χ3v) is 5.64. The molecular weight excluding hydrogens is 444 g/mol. The number of benzene rings is 1. The highest BCUT2D eigenvalue weighted by Gasteiger charge is 2.15. The van der Waals surface area contributed by atoms with Gasteiger partial charge in [-0.15, -0.1) is 11.3 Å². The fourth-order valence-corrected chi connectivity index (χ4v) is 3.67. The van der Waals surface area contributed by atoms with Crippen LogP contribution in [0.2, 0.25) is 0 Å². The van der Waals surface area contributed by atoms with E-state index in [0.717, 1.165) is 4.88 Å². The Balaban J connectivity index is 1.33. The zero-order valence-corrected chi connectivity index (χ0v) is 18.9. The summed E-state index contributed by atoms with van der Waals surface area (Å²) in [6, 6.07) is 15.9. The van der Waals surface area contributed by atoms with E-state index in [0.29, 0.717) is 16.4 Å². The molecule has 0 aliphatic carbocycles. The van der Waals surface area contributed by atoms with Crippen molar-refractivity contribution in [3.05, 3.63) is 75.9 Å². The minimum absolute atomic E-state index is 0.0137. The zero-order valence-electron chi connectivity index (χ0n) is 18.1. The molecule has 2 heterocycles. The van der Waals surface area contributed by atoms with Gasteiger partial charge in [-0.3, -0.25) is 30.0 Å². The Hall–Kier alpha value is -3.72. The van der Waals surface area contributed by atoms with Crippen LogP contribution in [0.4, 0.5) is 0 Å². The predicted octanol–water partition coefficient (Wildman–Crippen LogP) is 4.00. The van der Waals surface area contributed by atoms with Crippen molar-refractivity contribution in [3.63, 3.8) is 0 Å². The quantitative estimate of drug-likeness (QED) is 0.325. The number of ketones is 2. The summed E-state index contributed by atoms with van der Waals surface area (Å²) in [5.41, 5.74) is 4.50. The van der Waals surface area contributed by atoms with E-state index in [2.05, 4.69) is 10.9 Å². The van der Waals surface area contributed by atoms with E-state index in [1.165, 1.54) is 17.4 Å². The molecule has 3 rings (SSSR count). The molecule has 0 bridgehead atoms. The average molecular weight is 469 g/mol. The van der Waals surface area contributed by atoms with E-state index in [1.807, 2.05) is 31.2 Å². The number of Topliss-reactive ketones (excluding diaryl/α,β-unsaturated/α-hetero) is 2. The van der Waals surface area contributed by atoms with E-state index in [4.69, 9.17) is 9.15 Å². The van der Waals surface area contributed by atoms with Crippen LogP contribution in [0.3, 0.4) is 0 Å². The second-order valence-corrected chi connectivity index (χ2v) is 8.53. The van der Waals surface area contributed by atoms with Gasteiger partial charge in [-0.1, -0.05) is 18.2 Å². The molecule has 0 atom stereocenters. The number of thiophene rings is 1. The lowest BCUT2D eigenvalue weighted by Gasteiger charge is -2.06. The molecule has 0 aliphatic rings. The number of rotatable bonds is 11. The third kappa shape index (κ3) is 7.73. The number of hydrazine groups is 1. The van der Waals surface area contributed by atoms with Gasteiger partial charge in [0.15, 0.2) is 11.5 Å². The number of hydrogen-bond donors (Lipinski definition) is 2. The number of hydrogen-bond acceptors (Lipinski definition) is 7. The van der Waals surface area contributed by atoms with Crippen molar-refractivity contribution in [2.75, 3.05) is 0 Å². The van der Waals surface area contributed by atoms with Crippen molar-refractivity contribution in [2.45, 2.75) is 39.2 Å². The summed E-state index contributed by atoms with van der Waals surface area (Å²) in [6.45, 7) is 2.07. The molecule has 0 saturated carbocycles. The van der Waals surface area contributed by atoms with Gasteiger partial charge in [-0.2, -0.15) is 0 Å². The molecule has 0 saturated heterocycles. The highest BCUT2D eigenvalue weighted by molar-refractivity contribution is 7.14. The van der Waals surface area contributed by atoms with Gasteiger partial charge in [0.1, 0.15) is 23.9 Å². The molecule has 2 amide bonds. The van der Waals surface area contributed by atoms with Gasteiger partial charge in [0, 0.05) is 30.6 Å². The largest absolute Gasteiger partial charge is 0.486 e. The molecule has 0 fully saturated rings. The second kappa shape index (κ2) is 11.8. The number of para-hydroxylation sites is 1. The fraction of sp³-hybridized carbons (Fsp3) is 0.250. The summed E-state index contributed by atoms with van der Waals surface area (Å²) < 4.78 is 11.0. The van der Waals surface area contributed by atoms with E-state index >= 15 is 0 Å². The second-order valence-electron chi connectivity index (χ2n) is 7.24. The summed E-state index contributed by atoms with van der Waals surface area (Å²) in [7, 11) is 0. The van der Waals surface area contributed by atoms with Crippen LogP contribution in [0.1, 0.15) is 56.5 Å². The lowest BCUT2D eigenvalue weighted by molar-refractivity contribution is -0.125. The van der Waals surface area contributed by atoms with Crippen LogP contribution in [-0.2, 0) is 16.2 Å². The first kappa shape index (κ1) is 23.9. The van der Waals surface area contributed by atoms with Crippen LogP contribution < -0.4 is 15.6 Å². The highest BCUT2D eigenvalue weighted by atomic mass is 32.1. The normalized spacial score (nSPS) is 10.5. The minimum Gasteiger partial charge on any atom is -0.486 e. The van der Waals surface area contributed by atoms with Crippen LogP contribution >= 0.6 is 11.3 Å². The molecule has 3 aromatic rings. The summed E-state index contributed by atoms with van der Waals surface area (Å²) in [4.78, 5) is 49.7. The maximum absolute atomic E-state index is 12.1. The number of amides is 2. The minimum atomic E-state index is -0.627. The topological polar surface area (TPSA) is 115 Å². The standard InChI is InChI=1S/C24H24N2O6S/c1-16-7-13-22(33-16)20(28)11-8-17(27)9-14-23(29)25-26-24(30)21-12-10-19(32-21)15-31-18-5-3-2-4-6-18/h2-7,10,12-13H,8-9,11,14-15H2,1H3,(H,25,29)(H,26,30). The molecule has 1 aromatic carbocycles. The Morgan fingerprint density at radius 3 is 2.36 bits per heavy atom. The summed E-state index contributed by atoms with van der Waals surface area (Å²) in [5.74, 6) is -0.271. The lowest BCUT2D eigenvalue weighted by atomic mass is 10.1. The third-order valence-electron chi connectivity index (χ3n) is 4.60. The van der Waals surface area contributed by atoms with Gasteiger partial charge in [0.25, 0.3) is 0 Å². The maximum Gasteiger partial charge on any atom is 0.305 e. The van der Waals surface area contributed by atoms with Crippen LogP contribution in [-0.4, -0.2) is 23.4 Å². The van der Waals surface area contributed by atoms with Crippen molar-refractivity contribution < 1.29 is 28.3 Å². The Kier molecular flexibility index (Phi) is 8.54. The van der Waals surface area contributed by atoms with Crippen LogP contribution in [0.25, 0.3) is 0 Å². The number of ether oxygens (including phenoxy) is 1. The number of carbonyl (C=O) groups is 4. The van der Waals surface area contributed by atoms with Crippen molar-refractivity contribution in [2.24, 2.45) is 0 Å². The number of nitrogens with one attached hydrogen (secondary N) is 2. The van der Waals surface area contributed by atoms with Crippen LogP contribution in [0.5, 0.6) is 5.75 Å². The first-order valence-corrected chi connectivity index (χ1v) is 11.2. The van der Waals surface area contributed by atoms with Crippen LogP contribution in [0.15, 0.2) is 59.0 Å². The smallest absolute Gasteiger partial charge is 0.305 e. The Morgan fingerprint density at radius 2 is 1.64 bits per heavy atom. The van der Waals surface area contributed by atoms with Gasteiger partial charge < -0.3 is 9.15 Å². The maximum atomic E-state index is 12.1. The molecule has 2 aromatic heterocycles. The lowest BCUT2D eigenvalue weighted by Crippen LogP contribution is -2.41. The molecule has 0 radical (unpaired) electrons. The molecule has 0 aliphatic heterocycles. The number of carbonyl (C=O) groups excluding carboxylic acids is 4. The van der Waals surface area contributed by atoms with E-state index in [-0.39, 0.29) is 49.6 Å². The summed E-state index contributed by atoms with van der Waals surface area (Å²) in [5, 5.41) is 0. The van der Waals surface area contributed by atoms with E-state index in [9.17, 15) is 19.2 Å². The molecule has 172 valence electrons. The van der Waals surface area contributed by atoms with Crippen molar-refractivity contribution in [1.29, 1.82) is 0 Å². The highest BCUT2D eigenvalue weighted by Crippen LogP contribution is 2.18. The number of aryl methyl sites for hydroxylation is 1. The molecule has 0 unspecified atom stereocenters. The summed E-state index contributed by atoms with van der Waals surface area (Å²) in [6.07, 6.45) is 0.0848. The van der Waals surface area contributed by atoms with Gasteiger partial charge in [-0.05, 0) is 43.3 Å². The first-order chi connectivity index (χ1) is 15.9. The monoisotopic (exact) mass is 468 g/mol. The number of furan rings is 1. The summed E-state index contributed by atoms with van der Waals surface area (Å²) >= 11 is 1.40. The van der Waals surface area contributed by atoms with E-state index < -0.39 is 11.8 Å². The van der Waals surface area contributed by atoms with Gasteiger partial charge >= 0.3 is 5.91 Å². The predicted molar refractivity (Wildman–Crippen MR) is 122 cm³/mol. The molecule has 8 nitrogen and oxygen atoms in total. The van der Waals surface area contributed by atoms with Crippen molar-refractivity contribution >= 4 is 34.7 Å². The Bertz CT molecular complexity index is 1120. The van der Waals surface area contributed by atoms with Gasteiger partial charge in [-0.25, -0.2) is 0 Å². The van der Waals surface area contributed by atoms with E-state index in [1.54, 1.807) is 24.3 Å². The average Bonchev–Trinajstić information content (AvgIpc) is 3.48. The van der Waals surface area contributed by atoms with Crippen molar-refractivity contribution in [3.8, 4) is 5.75 Å².